The van der Waals surface area contributed by atoms with Crippen molar-refractivity contribution in [1.82, 2.24) is 10.2 Å². The summed E-state index contributed by atoms with van der Waals surface area (Å²) >= 11 is 0. The van der Waals surface area contributed by atoms with Crippen LogP contribution in [0.4, 0.5) is 0 Å². The summed E-state index contributed by atoms with van der Waals surface area (Å²) in [6.07, 6.45) is 6.21. The van der Waals surface area contributed by atoms with E-state index in [0.717, 1.165) is 35.7 Å². The molecule has 4 nitrogen and oxygen atoms in total. The molecule has 0 fully saturated rings. The Morgan fingerprint density at radius 3 is 2.71 bits per heavy atom. The Morgan fingerprint density at radius 1 is 1.14 bits per heavy atom. The molecular weight excluding hydrogens is 262 g/mol. The van der Waals surface area contributed by atoms with E-state index in [9.17, 15) is 0 Å². The Balaban J connectivity index is 1.94. The van der Waals surface area contributed by atoms with Crippen LogP contribution in [-0.2, 0) is 6.54 Å². The topological polar surface area (TPSA) is 63.9 Å². The van der Waals surface area contributed by atoms with E-state index in [0.29, 0.717) is 6.54 Å². The summed E-state index contributed by atoms with van der Waals surface area (Å²) in [5, 5.41) is 7.24. The van der Waals surface area contributed by atoms with Gasteiger partial charge in [-0.1, -0.05) is 44.7 Å². The zero-order valence-electron chi connectivity index (χ0n) is 12.8. The van der Waals surface area contributed by atoms with Gasteiger partial charge in [-0.15, -0.1) is 0 Å². The second-order valence-electron chi connectivity index (χ2n) is 5.24. The highest BCUT2D eigenvalue weighted by Gasteiger charge is 2.09. The summed E-state index contributed by atoms with van der Waals surface area (Å²) in [4.78, 5) is 0. The van der Waals surface area contributed by atoms with Crippen molar-refractivity contribution >= 4 is 0 Å². The van der Waals surface area contributed by atoms with Gasteiger partial charge in [0.25, 0.3) is 0 Å². The van der Waals surface area contributed by atoms with E-state index < -0.39 is 0 Å². The molecule has 1 aromatic carbocycles. The van der Waals surface area contributed by atoms with Crippen molar-refractivity contribution in [2.45, 2.75) is 45.6 Å². The lowest BCUT2D eigenvalue weighted by Gasteiger charge is -2.09. The van der Waals surface area contributed by atoms with Crippen LogP contribution in [0.2, 0.25) is 0 Å². The maximum atomic E-state index is 5.93. The first-order valence-electron chi connectivity index (χ1n) is 7.81. The molecule has 0 aliphatic rings. The zero-order chi connectivity index (χ0) is 14.9. The number of benzene rings is 1. The van der Waals surface area contributed by atoms with Gasteiger partial charge in [-0.25, -0.2) is 0 Å². The summed E-state index contributed by atoms with van der Waals surface area (Å²) in [5.41, 5.74) is 8.45. The predicted molar refractivity (Wildman–Crippen MR) is 86.2 cm³/mol. The highest BCUT2D eigenvalue weighted by molar-refractivity contribution is 5.67. The summed E-state index contributed by atoms with van der Waals surface area (Å²) in [6, 6.07) is 10.00. The molecule has 4 heteroatoms. The van der Waals surface area contributed by atoms with Crippen molar-refractivity contribution in [1.29, 1.82) is 0 Å². The fourth-order valence-electron chi connectivity index (χ4n) is 2.30. The molecule has 2 aromatic rings. The van der Waals surface area contributed by atoms with Gasteiger partial charge in [-0.3, -0.25) is 5.10 Å². The number of nitrogens with zero attached hydrogens (tertiary/aromatic N) is 1. The minimum absolute atomic E-state index is 0.466. The van der Waals surface area contributed by atoms with Gasteiger partial charge in [-0.2, -0.15) is 5.10 Å². The largest absolute Gasteiger partial charge is 0.493 e. The van der Waals surface area contributed by atoms with Crippen molar-refractivity contribution in [2.24, 2.45) is 5.73 Å². The van der Waals surface area contributed by atoms with E-state index in [1.165, 1.54) is 25.7 Å². The first-order valence-corrected chi connectivity index (χ1v) is 7.81. The summed E-state index contributed by atoms with van der Waals surface area (Å²) in [7, 11) is 0. The van der Waals surface area contributed by atoms with Gasteiger partial charge in [0.1, 0.15) is 5.75 Å². The third-order valence-electron chi connectivity index (χ3n) is 3.52. The Hall–Kier alpha value is -1.81. The molecule has 2 rings (SSSR count). The van der Waals surface area contributed by atoms with Crippen LogP contribution in [0.25, 0.3) is 11.3 Å². The number of ether oxygens (including phenoxy) is 1. The van der Waals surface area contributed by atoms with Crippen molar-refractivity contribution in [3.8, 4) is 17.0 Å². The Bertz CT molecular complexity index is 536. The minimum atomic E-state index is 0.466. The number of aromatic amines is 1. The molecule has 0 saturated heterocycles. The van der Waals surface area contributed by atoms with Crippen molar-refractivity contribution < 1.29 is 4.74 Å². The second-order valence-corrected chi connectivity index (χ2v) is 5.24. The van der Waals surface area contributed by atoms with E-state index in [4.69, 9.17) is 10.5 Å². The van der Waals surface area contributed by atoms with Crippen LogP contribution in [0.5, 0.6) is 5.75 Å². The van der Waals surface area contributed by atoms with Crippen molar-refractivity contribution in [3.63, 3.8) is 0 Å². The lowest BCUT2D eigenvalue weighted by molar-refractivity contribution is 0.305. The Morgan fingerprint density at radius 2 is 1.95 bits per heavy atom. The number of hydrogen-bond donors (Lipinski definition) is 2. The van der Waals surface area contributed by atoms with Crippen LogP contribution in [0.15, 0.2) is 30.3 Å². The lowest BCUT2D eigenvalue weighted by atomic mass is 10.1. The van der Waals surface area contributed by atoms with Gasteiger partial charge in [0.05, 0.1) is 12.3 Å². The van der Waals surface area contributed by atoms with Crippen LogP contribution >= 0.6 is 0 Å². The molecule has 0 aliphatic heterocycles. The van der Waals surface area contributed by atoms with Gasteiger partial charge in [0.2, 0.25) is 0 Å². The molecule has 0 saturated carbocycles. The first-order chi connectivity index (χ1) is 10.3. The smallest absolute Gasteiger partial charge is 0.128 e. The molecule has 0 atom stereocenters. The molecule has 0 aliphatic carbocycles. The maximum absolute atomic E-state index is 5.93. The predicted octanol–water partition coefficient (Wildman–Crippen LogP) is 3.88. The molecule has 0 bridgehead atoms. The zero-order valence-corrected chi connectivity index (χ0v) is 12.8. The molecular formula is C17H25N3O. The van der Waals surface area contributed by atoms with Crippen LogP contribution in [0, 0.1) is 0 Å². The van der Waals surface area contributed by atoms with Crippen molar-refractivity contribution in [3.05, 3.63) is 36.0 Å². The monoisotopic (exact) mass is 287 g/mol. The quantitative estimate of drug-likeness (QED) is 0.688. The average Bonchev–Trinajstić information content (AvgIpc) is 3.00. The molecule has 1 aromatic heterocycles. The van der Waals surface area contributed by atoms with Gasteiger partial charge in [0.15, 0.2) is 0 Å². The number of para-hydroxylation sites is 1. The van der Waals surface area contributed by atoms with Crippen LogP contribution < -0.4 is 10.5 Å². The summed E-state index contributed by atoms with van der Waals surface area (Å²) in [5.74, 6) is 0.892. The van der Waals surface area contributed by atoms with Gasteiger partial charge < -0.3 is 10.5 Å². The molecule has 21 heavy (non-hydrogen) atoms. The summed E-state index contributed by atoms with van der Waals surface area (Å²) in [6.45, 7) is 3.45. The molecule has 1 heterocycles. The van der Waals surface area contributed by atoms with E-state index in [1.54, 1.807) is 0 Å². The minimum Gasteiger partial charge on any atom is -0.493 e. The number of nitrogens with one attached hydrogen (secondary N) is 1. The van der Waals surface area contributed by atoms with E-state index in [-0.39, 0.29) is 0 Å². The third-order valence-corrected chi connectivity index (χ3v) is 3.52. The SMILES string of the molecule is CCCCCCCOc1ccccc1-c1cc(CN)[nH]n1. The highest BCUT2D eigenvalue weighted by atomic mass is 16.5. The number of unbranched alkanes of at least 4 members (excludes halogenated alkanes) is 4. The van der Waals surface area contributed by atoms with E-state index in [1.807, 2.05) is 30.3 Å². The molecule has 114 valence electrons. The first kappa shape index (κ1) is 15.6. The molecule has 0 amide bonds. The fourth-order valence-corrected chi connectivity index (χ4v) is 2.30. The van der Waals surface area contributed by atoms with Crippen LogP contribution in [0.3, 0.4) is 0 Å². The average molecular weight is 287 g/mol. The van der Waals surface area contributed by atoms with Gasteiger partial charge in [-0.05, 0) is 24.6 Å². The standard InChI is InChI=1S/C17H25N3O/c1-2-3-4-5-8-11-21-17-10-7-6-9-15(17)16-12-14(13-18)19-20-16/h6-7,9-10,12H,2-5,8,11,13,18H2,1H3,(H,19,20). The normalized spacial score (nSPS) is 10.8. The number of H-pyrrole nitrogens is 1. The third kappa shape index (κ3) is 4.60. The van der Waals surface area contributed by atoms with Gasteiger partial charge in [0, 0.05) is 17.8 Å². The Labute approximate surface area is 126 Å². The second kappa shape index (κ2) is 8.47. The van der Waals surface area contributed by atoms with Crippen LogP contribution in [0.1, 0.15) is 44.7 Å². The van der Waals surface area contributed by atoms with Crippen LogP contribution in [-0.4, -0.2) is 16.8 Å². The number of rotatable bonds is 9. The molecule has 3 N–H and O–H groups in total. The molecule has 0 unspecified atom stereocenters. The fraction of sp³-hybridized carbons (Fsp3) is 0.471. The van der Waals surface area contributed by atoms with Gasteiger partial charge >= 0.3 is 0 Å². The van der Waals surface area contributed by atoms with Crippen molar-refractivity contribution in [2.75, 3.05) is 6.61 Å². The number of hydrogen-bond acceptors (Lipinski definition) is 3. The van der Waals surface area contributed by atoms with E-state index in [2.05, 4.69) is 17.1 Å². The molecule has 0 radical (unpaired) electrons. The summed E-state index contributed by atoms with van der Waals surface area (Å²) < 4.78 is 5.93. The Kier molecular flexibility index (Phi) is 6.28. The number of nitrogens with two attached hydrogens (primary N) is 1. The van der Waals surface area contributed by atoms with E-state index >= 15 is 0 Å². The maximum Gasteiger partial charge on any atom is 0.128 e. The molecule has 0 spiro atoms. The number of aromatic nitrogens is 2. The lowest BCUT2D eigenvalue weighted by Crippen LogP contribution is -1.99. The highest BCUT2D eigenvalue weighted by Crippen LogP contribution is 2.28.